The first kappa shape index (κ1) is 20.7. The normalized spacial score (nSPS) is 16.5. The monoisotopic (exact) mass is 474 g/mol. The molecule has 0 spiro atoms. The van der Waals surface area contributed by atoms with Crippen molar-refractivity contribution in [1.29, 1.82) is 0 Å². The SMILES string of the molecule is CS(=O)(=O)OC[C@H]1COc2ccc3[nH]nc(S(=O)(=O)c4cccc5ccccc45)c3c2O1. The van der Waals surface area contributed by atoms with Crippen molar-refractivity contribution in [3.8, 4) is 11.5 Å². The maximum Gasteiger partial charge on any atom is 0.264 e. The van der Waals surface area contributed by atoms with Gasteiger partial charge in [-0.1, -0.05) is 36.4 Å². The Morgan fingerprint density at radius 1 is 1.06 bits per heavy atom. The summed E-state index contributed by atoms with van der Waals surface area (Å²) < 4.78 is 66.4. The first-order valence-electron chi connectivity index (χ1n) is 9.62. The van der Waals surface area contributed by atoms with E-state index in [2.05, 4.69) is 10.2 Å². The highest BCUT2D eigenvalue weighted by atomic mass is 32.2. The number of benzene rings is 3. The number of aromatic nitrogens is 2. The molecule has 1 aliphatic rings. The largest absolute Gasteiger partial charge is 0.486 e. The second kappa shape index (κ2) is 7.47. The van der Waals surface area contributed by atoms with Crippen molar-refractivity contribution in [2.75, 3.05) is 19.5 Å². The van der Waals surface area contributed by atoms with E-state index in [-0.39, 0.29) is 34.3 Å². The van der Waals surface area contributed by atoms with E-state index in [0.717, 1.165) is 11.6 Å². The van der Waals surface area contributed by atoms with Gasteiger partial charge in [0.2, 0.25) is 9.84 Å². The van der Waals surface area contributed by atoms with Crippen molar-refractivity contribution in [1.82, 2.24) is 10.2 Å². The molecule has 1 aliphatic heterocycles. The predicted molar refractivity (Wildman–Crippen MR) is 116 cm³/mol. The Morgan fingerprint density at radius 2 is 1.84 bits per heavy atom. The number of rotatable bonds is 5. The highest BCUT2D eigenvalue weighted by Crippen LogP contribution is 2.42. The van der Waals surface area contributed by atoms with Crippen LogP contribution in [0.1, 0.15) is 0 Å². The zero-order valence-electron chi connectivity index (χ0n) is 16.8. The zero-order valence-corrected chi connectivity index (χ0v) is 18.4. The lowest BCUT2D eigenvalue weighted by molar-refractivity contribution is 0.0573. The first-order valence-corrected chi connectivity index (χ1v) is 12.9. The van der Waals surface area contributed by atoms with Crippen molar-refractivity contribution in [2.24, 2.45) is 0 Å². The Kier molecular flexibility index (Phi) is 4.84. The molecule has 0 bridgehead atoms. The van der Waals surface area contributed by atoms with Crippen LogP contribution in [0.25, 0.3) is 21.7 Å². The third-order valence-corrected chi connectivity index (χ3v) is 7.39. The average molecular weight is 475 g/mol. The lowest BCUT2D eigenvalue weighted by Crippen LogP contribution is -2.34. The van der Waals surface area contributed by atoms with Gasteiger partial charge in [0.25, 0.3) is 10.1 Å². The van der Waals surface area contributed by atoms with E-state index >= 15 is 0 Å². The molecule has 1 N–H and O–H groups in total. The second-order valence-corrected chi connectivity index (χ2v) is 10.8. The fraction of sp³-hybridized carbons (Fsp3) is 0.190. The molecule has 0 saturated carbocycles. The third kappa shape index (κ3) is 3.57. The fourth-order valence-corrected chi connectivity index (χ4v) is 5.64. The average Bonchev–Trinajstić information content (AvgIpc) is 3.22. The van der Waals surface area contributed by atoms with E-state index in [1.165, 1.54) is 6.07 Å². The topological polar surface area (TPSA) is 125 Å². The van der Waals surface area contributed by atoms with E-state index in [4.69, 9.17) is 13.7 Å². The summed E-state index contributed by atoms with van der Waals surface area (Å²) >= 11 is 0. The lowest BCUT2D eigenvalue weighted by Gasteiger charge is -2.26. The summed E-state index contributed by atoms with van der Waals surface area (Å²) in [6, 6.07) is 15.5. The van der Waals surface area contributed by atoms with Crippen LogP contribution in [0.2, 0.25) is 0 Å². The molecule has 32 heavy (non-hydrogen) atoms. The van der Waals surface area contributed by atoms with Crippen LogP contribution < -0.4 is 9.47 Å². The molecule has 2 heterocycles. The number of hydrogen-bond donors (Lipinski definition) is 1. The van der Waals surface area contributed by atoms with Crippen LogP contribution in [0.3, 0.4) is 0 Å². The first-order chi connectivity index (χ1) is 15.2. The van der Waals surface area contributed by atoms with Crippen LogP contribution in [-0.2, 0) is 24.1 Å². The number of nitrogens with one attached hydrogen (secondary N) is 1. The Morgan fingerprint density at radius 3 is 2.66 bits per heavy atom. The van der Waals surface area contributed by atoms with Crippen LogP contribution in [0.15, 0.2) is 64.5 Å². The Labute approximate surface area is 184 Å². The van der Waals surface area contributed by atoms with E-state index in [1.54, 1.807) is 30.3 Å². The Bertz CT molecular complexity index is 1550. The van der Waals surface area contributed by atoms with Gasteiger partial charge in [-0.2, -0.15) is 13.5 Å². The van der Waals surface area contributed by atoms with Crippen molar-refractivity contribution < 1.29 is 30.5 Å². The van der Waals surface area contributed by atoms with Gasteiger partial charge in [0, 0.05) is 5.39 Å². The van der Waals surface area contributed by atoms with Crippen LogP contribution in [0, 0.1) is 0 Å². The third-order valence-electron chi connectivity index (χ3n) is 5.08. The van der Waals surface area contributed by atoms with E-state index < -0.39 is 26.1 Å². The lowest BCUT2D eigenvalue weighted by atomic mass is 10.1. The summed E-state index contributed by atoms with van der Waals surface area (Å²) in [7, 11) is -7.71. The van der Waals surface area contributed by atoms with E-state index in [0.29, 0.717) is 16.7 Å². The van der Waals surface area contributed by atoms with E-state index in [9.17, 15) is 16.8 Å². The van der Waals surface area contributed by atoms with E-state index in [1.807, 2.05) is 18.2 Å². The van der Waals surface area contributed by atoms with Gasteiger partial charge in [-0.15, -0.1) is 0 Å². The van der Waals surface area contributed by atoms with Crippen molar-refractivity contribution in [3.63, 3.8) is 0 Å². The number of ether oxygens (including phenoxy) is 2. The number of hydrogen-bond acceptors (Lipinski definition) is 8. The second-order valence-electron chi connectivity index (χ2n) is 7.36. The minimum atomic E-state index is -4.04. The highest BCUT2D eigenvalue weighted by molar-refractivity contribution is 7.91. The molecule has 1 aromatic heterocycles. The minimum Gasteiger partial charge on any atom is -0.486 e. The zero-order chi connectivity index (χ0) is 22.5. The van der Waals surface area contributed by atoms with Crippen LogP contribution in [0.5, 0.6) is 11.5 Å². The molecule has 3 aromatic carbocycles. The number of aromatic amines is 1. The molecule has 5 rings (SSSR count). The Hall–Kier alpha value is -3.15. The van der Waals surface area contributed by atoms with Gasteiger partial charge in [-0.25, -0.2) is 8.42 Å². The predicted octanol–water partition coefficient (Wildman–Crippen LogP) is 2.66. The van der Waals surface area contributed by atoms with Gasteiger partial charge in [-0.3, -0.25) is 9.28 Å². The van der Waals surface area contributed by atoms with Crippen LogP contribution >= 0.6 is 0 Å². The van der Waals surface area contributed by atoms with Crippen molar-refractivity contribution >= 4 is 41.6 Å². The summed E-state index contributed by atoms with van der Waals surface area (Å²) in [6.45, 7) is -0.213. The molecule has 0 saturated heterocycles. The van der Waals surface area contributed by atoms with Gasteiger partial charge in [0.05, 0.1) is 22.1 Å². The molecule has 4 aromatic rings. The number of fused-ring (bicyclic) bond motifs is 4. The summed E-state index contributed by atoms with van der Waals surface area (Å²) in [6.07, 6.45) is 0.194. The summed E-state index contributed by atoms with van der Waals surface area (Å²) in [5.41, 5.74) is 0.441. The molecule has 0 amide bonds. The molecule has 9 nitrogen and oxygen atoms in total. The maximum absolute atomic E-state index is 13.7. The summed E-state index contributed by atoms with van der Waals surface area (Å²) in [5.74, 6) is 0.507. The van der Waals surface area contributed by atoms with Gasteiger partial charge >= 0.3 is 0 Å². The Balaban J connectivity index is 1.64. The molecular formula is C21H18N2O7S2. The molecular weight excluding hydrogens is 456 g/mol. The van der Waals surface area contributed by atoms with Gasteiger partial charge in [-0.05, 0) is 23.6 Å². The summed E-state index contributed by atoms with van der Waals surface area (Å²) in [4.78, 5) is 0.121. The van der Waals surface area contributed by atoms with Crippen LogP contribution in [0.4, 0.5) is 0 Å². The number of sulfone groups is 1. The van der Waals surface area contributed by atoms with Crippen LogP contribution in [-0.4, -0.2) is 52.6 Å². The standard InChI is InChI=1S/C21H18N2O7S2/c1-31(24,25)29-12-14-11-28-17-10-9-16-19(20(17)30-14)21(23-22-16)32(26,27)18-8-4-6-13-5-2-3-7-15(13)18/h2-10,14H,11-12H2,1H3,(H,22,23)/t14-/m1/s1. The van der Waals surface area contributed by atoms with Crippen molar-refractivity contribution in [3.05, 3.63) is 54.6 Å². The molecule has 0 aliphatic carbocycles. The van der Waals surface area contributed by atoms with Crippen molar-refractivity contribution in [2.45, 2.75) is 16.0 Å². The number of H-pyrrole nitrogens is 1. The highest BCUT2D eigenvalue weighted by Gasteiger charge is 2.32. The smallest absolute Gasteiger partial charge is 0.264 e. The molecule has 0 fully saturated rings. The van der Waals surface area contributed by atoms with Gasteiger partial charge in [0.15, 0.2) is 22.6 Å². The fourth-order valence-electron chi connectivity index (χ4n) is 3.66. The molecule has 1 atom stereocenters. The summed E-state index contributed by atoms with van der Waals surface area (Å²) in [5, 5.41) is 8.23. The molecule has 11 heteroatoms. The van der Waals surface area contributed by atoms with Gasteiger partial charge < -0.3 is 9.47 Å². The molecule has 0 radical (unpaired) electrons. The minimum absolute atomic E-state index is 0.0529. The molecule has 0 unspecified atom stereocenters. The molecule has 166 valence electrons. The van der Waals surface area contributed by atoms with Gasteiger partial charge in [0.1, 0.15) is 13.2 Å². The quantitative estimate of drug-likeness (QED) is 0.438. The maximum atomic E-state index is 13.7. The number of nitrogens with zero attached hydrogens (tertiary/aromatic N) is 1.